The number of benzene rings is 2. The maximum absolute atomic E-state index is 12.0. The van der Waals surface area contributed by atoms with E-state index in [4.69, 9.17) is 4.74 Å². The van der Waals surface area contributed by atoms with Crippen LogP contribution in [0.25, 0.3) is 6.08 Å². The average molecular weight is 350 g/mol. The van der Waals surface area contributed by atoms with Gasteiger partial charge in [0.1, 0.15) is 5.75 Å². The van der Waals surface area contributed by atoms with Crippen LogP contribution in [0.5, 0.6) is 5.75 Å². The molecular weight excluding hydrogens is 324 g/mol. The average Bonchev–Trinajstić information content (AvgIpc) is 2.60. The highest BCUT2D eigenvalue weighted by atomic mass is 16.5. The molecule has 1 N–H and O–H groups in total. The summed E-state index contributed by atoms with van der Waals surface area (Å²) in [6.45, 7) is 8.07. The van der Waals surface area contributed by atoms with E-state index in [1.807, 2.05) is 62.4 Å². The molecule has 136 valence electrons. The third-order valence-electron chi connectivity index (χ3n) is 3.80. The Hall–Kier alpha value is -2.88. The van der Waals surface area contributed by atoms with E-state index >= 15 is 0 Å². The maximum atomic E-state index is 12.0. The van der Waals surface area contributed by atoms with Gasteiger partial charge in [0, 0.05) is 0 Å². The van der Waals surface area contributed by atoms with E-state index in [2.05, 4.69) is 30.4 Å². The van der Waals surface area contributed by atoms with Crippen molar-refractivity contribution >= 4 is 18.2 Å². The van der Waals surface area contributed by atoms with Crippen molar-refractivity contribution in [2.75, 3.05) is 6.61 Å². The number of carbonyl (C=O) groups excluding carboxylic acids is 1. The summed E-state index contributed by atoms with van der Waals surface area (Å²) in [5, 5.41) is 3.98. The lowest BCUT2D eigenvalue weighted by molar-refractivity contribution is -0.123. The summed E-state index contributed by atoms with van der Waals surface area (Å²) in [5.41, 5.74) is 6.72. The number of amides is 1. The summed E-state index contributed by atoms with van der Waals surface area (Å²) < 4.78 is 5.69. The van der Waals surface area contributed by atoms with Gasteiger partial charge in [0.05, 0.1) is 6.21 Å². The molecule has 0 radical (unpaired) electrons. The summed E-state index contributed by atoms with van der Waals surface area (Å²) in [6.07, 6.45) is 3.62. The van der Waals surface area contributed by atoms with E-state index in [0.29, 0.717) is 5.92 Å². The van der Waals surface area contributed by atoms with Crippen LogP contribution in [0, 0.1) is 6.92 Å². The number of hydrogen-bond acceptors (Lipinski definition) is 3. The Balaban J connectivity index is 1.88. The lowest BCUT2D eigenvalue weighted by Crippen LogP contribution is -2.25. The number of aryl methyl sites for hydroxylation is 1. The molecule has 0 heterocycles. The van der Waals surface area contributed by atoms with Crippen molar-refractivity contribution in [1.29, 1.82) is 0 Å². The van der Waals surface area contributed by atoms with Gasteiger partial charge >= 0.3 is 0 Å². The number of carbonyl (C=O) groups is 1. The second-order valence-corrected chi connectivity index (χ2v) is 6.58. The van der Waals surface area contributed by atoms with Crippen LogP contribution in [0.2, 0.25) is 0 Å². The third kappa shape index (κ3) is 6.20. The van der Waals surface area contributed by atoms with Crippen molar-refractivity contribution in [1.82, 2.24) is 5.43 Å². The van der Waals surface area contributed by atoms with Crippen LogP contribution in [0.1, 0.15) is 43.4 Å². The molecule has 0 aliphatic heterocycles. The fourth-order valence-corrected chi connectivity index (χ4v) is 2.47. The Bertz CT molecular complexity index is 793. The highest BCUT2D eigenvalue weighted by Gasteiger charge is 2.09. The summed E-state index contributed by atoms with van der Waals surface area (Å²) in [7, 11) is 0. The van der Waals surface area contributed by atoms with Crippen molar-refractivity contribution in [2.45, 2.75) is 33.6 Å². The molecule has 0 aliphatic rings. The predicted molar refractivity (Wildman–Crippen MR) is 107 cm³/mol. The van der Waals surface area contributed by atoms with Crippen molar-refractivity contribution in [3.8, 4) is 5.75 Å². The summed E-state index contributed by atoms with van der Waals surface area (Å²) >= 11 is 0. The summed E-state index contributed by atoms with van der Waals surface area (Å²) in [6, 6.07) is 16.0. The normalized spacial score (nSPS) is 11.8. The third-order valence-corrected chi connectivity index (χ3v) is 3.80. The predicted octanol–water partition coefficient (Wildman–Crippen LogP) is 4.70. The molecule has 1 amide bonds. The molecular formula is C22H26N2O2. The van der Waals surface area contributed by atoms with E-state index in [0.717, 1.165) is 28.0 Å². The molecule has 0 aliphatic carbocycles. The topological polar surface area (TPSA) is 50.7 Å². The second-order valence-electron chi connectivity index (χ2n) is 6.58. The molecule has 0 unspecified atom stereocenters. The monoisotopic (exact) mass is 350 g/mol. The Morgan fingerprint density at radius 3 is 2.62 bits per heavy atom. The van der Waals surface area contributed by atoms with Crippen LogP contribution in [0.4, 0.5) is 0 Å². The van der Waals surface area contributed by atoms with E-state index in [-0.39, 0.29) is 12.5 Å². The van der Waals surface area contributed by atoms with Gasteiger partial charge in [-0.1, -0.05) is 62.4 Å². The molecule has 0 fully saturated rings. The van der Waals surface area contributed by atoms with Crippen molar-refractivity contribution < 1.29 is 9.53 Å². The van der Waals surface area contributed by atoms with Crippen molar-refractivity contribution in [3.05, 3.63) is 70.8 Å². The zero-order valence-electron chi connectivity index (χ0n) is 15.8. The minimum atomic E-state index is -0.287. The summed E-state index contributed by atoms with van der Waals surface area (Å²) in [5.74, 6) is 0.793. The Kier molecular flexibility index (Phi) is 7.15. The standard InChI is InChI=1S/C22H26N2O2/c1-16(2)20-11-10-17(3)13-21(20)26-15-22(25)24-23-14-18(4)12-19-8-6-5-7-9-19/h5-14,16H,15H2,1-4H3,(H,24,25). The number of nitrogens with one attached hydrogen (secondary N) is 1. The molecule has 2 rings (SSSR count). The Morgan fingerprint density at radius 2 is 1.92 bits per heavy atom. The molecule has 2 aromatic carbocycles. The van der Waals surface area contributed by atoms with Gasteiger partial charge in [0.2, 0.25) is 0 Å². The van der Waals surface area contributed by atoms with Gasteiger partial charge in [0.15, 0.2) is 6.61 Å². The highest BCUT2D eigenvalue weighted by Crippen LogP contribution is 2.27. The number of hydrogen-bond donors (Lipinski definition) is 1. The van der Waals surface area contributed by atoms with Crippen molar-refractivity contribution in [2.24, 2.45) is 5.10 Å². The number of allylic oxidation sites excluding steroid dienone is 1. The lowest BCUT2D eigenvalue weighted by Gasteiger charge is -2.14. The fourth-order valence-electron chi connectivity index (χ4n) is 2.47. The van der Waals surface area contributed by atoms with Gasteiger partial charge in [-0.2, -0.15) is 5.10 Å². The van der Waals surface area contributed by atoms with Crippen molar-refractivity contribution in [3.63, 3.8) is 0 Å². The number of ether oxygens (including phenoxy) is 1. The second kappa shape index (κ2) is 9.56. The number of nitrogens with zero attached hydrogens (tertiary/aromatic N) is 1. The first-order valence-corrected chi connectivity index (χ1v) is 8.74. The summed E-state index contributed by atoms with van der Waals surface area (Å²) in [4.78, 5) is 12.0. The maximum Gasteiger partial charge on any atom is 0.277 e. The fraction of sp³-hybridized carbons (Fsp3) is 0.273. The molecule has 2 aromatic rings. The van der Waals surface area contributed by atoms with Gasteiger partial charge in [0.25, 0.3) is 5.91 Å². The van der Waals surface area contributed by atoms with Gasteiger partial charge in [-0.15, -0.1) is 0 Å². The minimum Gasteiger partial charge on any atom is -0.483 e. The zero-order valence-corrected chi connectivity index (χ0v) is 15.8. The van der Waals surface area contributed by atoms with E-state index < -0.39 is 0 Å². The van der Waals surface area contributed by atoms with E-state index in [1.54, 1.807) is 6.21 Å². The molecule has 0 saturated carbocycles. The van der Waals surface area contributed by atoms with Gasteiger partial charge in [-0.25, -0.2) is 5.43 Å². The SMILES string of the molecule is CC(C=NNC(=O)COc1cc(C)ccc1C(C)C)=Cc1ccccc1. The van der Waals surface area contributed by atoms with Crippen LogP contribution >= 0.6 is 0 Å². The Morgan fingerprint density at radius 1 is 1.19 bits per heavy atom. The molecule has 0 aromatic heterocycles. The lowest BCUT2D eigenvalue weighted by atomic mass is 10.0. The molecule has 0 bridgehead atoms. The van der Waals surface area contributed by atoms with Gasteiger partial charge in [-0.05, 0) is 48.1 Å². The molecule has 4 heteroatoms. The molecule has 0 spiro atoms. The number of rotatable bonds is 7. The van der Waals surface area contributed by atoms with Gasteiger partial charge < -0.3 is 4.74 Å². The van der Waals surface area contributed by atoms with E-state index in [1.165, 1.54) is 0 Å². The van der Waals surface area contributed by atoms with Crippen LogP contribution in [0.3, 0.4) is 0 Å². The zero-order chi connectivity index (χ0) is 18.9. The molecule has 0 atom stereocenters. The molecule has 26 heavy (non-hydrogen) atoms. The largest absolute Gasteiger partial charge is 0.483 e. The molecule has 0 saturated heterocycles. The van der Waals surface area contributed by atoms with Crippen LogP contribution < -0.4 is 10.2 Å². The minimum absolute atomic E-state index is 0.0675. The smallest absolute Gasteiger partial charge is 0.277 e. The first-order valence-electron chi connectivity index (χ1n) is 8.74. The quantitative estimate of drug-likeness (QED) is 0.581. The Labute approximate surface area is 155 Å². The first kappa shape index (κ1) is 19.4. The van der Waals surface area contributed by atoms with Crippen LogP contribution in [-0.4, -0.2) is 18.7 Å². The van der Waals surface area contributed by atoms with E-state index in [9.17, 15) is 4.79 Å². The first-order chi connectivity index (χ1) is 12.5. The molecule has 4 nitrogen and oxygen atoms in total. The van der Waals surface area contributed by atoms with Gasteiger partial charge in [-0.3, -0.25) is 4.79 Å². The number of hydrazone groups is 1. The van der Waals surface area contributed by atoms with Crippen LogP contribution in [0.15, 0.2) is 59.2 Å². The highest BCUT2D eigenvalue weighted by molar-refractivity contribution is 5.86. The van der Waals surface area contributed by atoms with Crippen LogP contribution in [-0.2, 0) is 4.79 Å².